The molecule has 0 aromatic heterocycles. The fraction of sp³-hybridized carbons (Fsp3) is 0.750. The van der Waals surface area contributed by atoms with Crippen LogP contribution in [-0.2, 0) is 0 Å². The van der Waals surface area contributed by atoms with Crippen molar-refractivity contribution in [1.82, 2.24) is 0 Å². The molecule has 0 aliphatic heterocycles. The van der Waals surface area contributed by atoms with Gasteiger partial charge in [0.05, 0.1) is 11.6 Å². The van der Waals surface area contributed by atoms with Gasteiger partial charge in [0.25, 0.3) is 0 Å². The number of hydrogen-bond acceptors (Lipinski definition) is 1. The van der Waals surface area contributed by atoms with Crippen molar-refractivity contribution in [1.29, 1.82) is 5.26 Å². The lowest BCUT2D eigenvalue weighted by Gasteiger charge is -2.38. The second-order valence-electron chi connectivity index (χ2n) is 10.0. The molecule has 0 atom stereocenters. The van der Waals surface area contributed by atoms with Gasteiger partial charge in [-0.15, -0.1) is 0 Å². The Bertz CT molecular complexity index is 594. The van der Waals surface area contributed by atoms with Crippen LogP contribution in [0.25, 0.3) is 0 Å². The van der Waals surface area contributed by atoms with E-state index >= 15 is 0 Å². The predicted molar refractivity (Wildman–Crippen MR) is 124 cm³/mol. The van der Waals surface area contributed by atoms with E-state index in [0.717, 1.165) is 29.2 Å². The molecule has 0 radical (unpaired) electrons. The number of benzene rings is 1. The van der Waals surface area contributed by atoms with Crippen molar-refractivity contribution in [3.05, 3.63) is 35.4 Å². The minimum atomic E-state index is 0.729. The molecule has 1 nitrogen and oxygen atoms in total. The SMILES string of the molecule is CCCCCCCCCC1CCC(C2CCC(c3ccc(C#N)cc3)CC2)CC1. The highest BCUT2D eigenvalue weighted by atomic mass is 14.4. The molecule has 0 amide bonds. The van der Waals surface area contributed by atoms with Crippen LogP contribution in [0.2, 0.25) is 0 Å². The number of nitrogens with zero attached hydrogens (tertiary/aromatic N) is 1. The van der Waals surface area contributed by atoms with Gasteiger partial charge in [-0.05, 0) is 79.9 Å². The summed E-state index contributed by atoms with van der Waals surface area (Å²) < 4.78 is 0. The molecular formula is C28H43N. The maximum atomic E-state index is 8.99. The number of rotatable bonds is 10. The van der Waals surface area contributed by atoms with Gasteiger partial charge in [0.1, 0.15) is 0 Å². The largest absolute Gasteiger partial charge is 0.192 e. The van der Waals surface area contributed by atoms with Crippen molar-refractivity contribution >= 4 is 0 Å². The molecule has 160 valence electrons. The number of nitriles is 1. The van der Waals surface area contributed by atoms with E-state index in [9.17, 15) is 0 Å². The van der Waals surface area contributed by atoms with Crippen LogP contribution in [0.15, 0.2) is 24.3 Å². The summed E-state index contributed by atoms with van der Waals surface area (Å²) in [4.78, 5) is 0. The molecule has 3 rings (SSSR count). The van der Waals surface area contributed by atoms with Crippen LogP contribution in [0.1, 0.15) is 127 Å². The molecule has 0 heterocycles. The van der Waals surface area contributed by atoms with E-state index in [1.165, 1.54) is 108 Å². The highest BCUT2D eigenvalue weighted by Crippen LogP contribution is 2.44. The summed E-state index contributed by atoms with van der Waals surface area (Å²) in [7, 11) is 0. The molecular weight excluding hydrogens is 350 g/mol. The third kappa shape index (κ3) is 7.16. The highest BCUT2D eigenvalue weighted by molar-refractivity contribution is 5.33. The summed E-state index contributed by atoms with van der Waals surface area (Å²) in [6.07, 6.45) is 23.2. The standard InChI is InChI=1S/C28H43N/c1-2-3-4-5-6-7-8-9-23-10-14-25(15-11-23)27-18-20-28(21-19-27)26-16-12-24(22-29)13-17-26/h12-13,16-17,23,25,27-28H,2-11,14-15,18-21H2,1H3. The maximum absolute atomic E-state index is 8.99. The molecule has 0 spiro atoms. The number of unbranched alkanes of at least 4 members (excludes halogenated alkanes) is 6. The predicted octanol–water partition coefficient (Wildman–Crippen LogP) is 8.78. The molecule has 0 unspecified atom stereocenters. The second kappa shape index (κ2) is 12.4. The van der Waals surface area contributed by atoms with Crippen molar-refractivity contribution in [3.8, 4) is 6.07 Å². The Kier molecular flexibility index (Phi) is 9.59. The third-order valence-electron chi connectivity index (χ3n) is 8.06. The second-order valence-corrected chi connectivity index (χ2v) is 10.0. The van der Waals surface area contributed by atoms with Gasteiger partial charge >= 0.3 is 0 Å². The van der Waals surface area contributed by atoms with Gasteiger partial charge in [0.15, 0.2) is 0 Å². The lowest BCUT2D eigenvalue weighted by Crippen LogP contribution is -2.25. The van der Waals surface area contributed by atoms with E-state index < -0.39 is 0 Å². The summed E-state index contributed by atoms with van der Waals surface area (Å²) in [5, 5.41) is 8.99. The Hall–Kier alpha value is -1.29. The Morgan fingerprint density at radius 2 is 1.28 bits per heavy atom. The van der Waals surface area contributed by atoms with Crippen molar-refractivity contribution in [2.75, 3.05) is 0 Å². The first-order valence-electron chi connectivity index (χ1n) is 12.8. The Labute approximate surface area is 180 Å². The lowest BCUT2D eigenvalue weighted by atomic mass is 9.68. The highest BCUT2D eigenvalue weighted by Gasteiger charge is 2.31. The van der Waals surface area contributed by atoms with Crippen LogP contribution >= 0.6 is 0 Å². The van der Waals surface area contributed by atoms with Crippen molar-refractivity contribution in [2.45, 2.75) is 116 Å². The van der Waals surface area contributed by atoms with E-state index in [2.05, 4.69) is 25.1 Å². The first-order chi connectivity index (χ1) is 14.3. The van der Waals surface area contributed by atoms with Gasteiger partial charge in [0, 0.05) is 0 Å². The molecule has 1 heteroatoms. The van der Waals surface area contributed by atoms with Gasteiger partial charge < -0.3 is 0 Å². The van der Waals surface area contributed by atoms with E-state index in [-0.39, 0.29) is 0 Å². The van der Waals surface area contributed by atoms with Crippen molar-refractivity contribution < 1.29 is 0 Å². The molecule has 0 saturated heterocycles. The van der Waals surface area contributed by atoms with Gasteiger partial charge in [-0.3, -0.25) is 0 Å². The van der Waals surface area contributed by atoms with E-state index in [1.807, 2.05) is 12.1 Å². The topological polar surface area (TPSA) is 23.8 Å². The minimum Gasteiger partial charge on any atom is -0.192 e. The first kappa shape index (κ1) is 22.4. The zero-order valence-electron chi connectivity index (χ0n) is 18.9. The molecule has 0 N–H and O–H groups in total. The summed E-state index contributed by atoms with van der Waals surface area (Å²) in [5.41, 5.74) is 2.25. The Morgan fingerprint density at radius 1 is 0.724 bits per heavy atom. The first-order valence-corrected chi connectivity index (χ1v) is 12.8. The van der Waals surface area contributed by atoms with E-state index in [1.54, 1.807) is 0 Å². The monoisotopic (exact) mass is 393 g/mol. The van der Waals surface area contributed by atoms with Crippen LogP contribution < -0.4 is 0 Å². The molecule has 1 aromatic carbocycles. The van der Waals surface area contributed by atoms with Gasteiger partial charge in [-0.2, -0.15) is 5.26 Å². The molecule has 29 heavy (non-hydrogen) atoms. The number of hydrogen-bond donors (Lipinski definition) is 0. The van der Waals surface area contributed by atoms with Crippen molar-refractivity contribution in [2.24, 2.45) is 17.8 Å². The summed E-state index contributed by atoms with van der Waals surface area (Å²) in [6.45, 7) is 2.30. The normalized spacial score (nSPS) is 27.4. The zero-order chi connectivity index (χ0) is 20.3. The van der Waals surface area contributed by atoms with Crippen LogP contribution in [0.4, 0.5) is 0 Å². The molecule has 2 fully saturated rings. The van der Waals surface area contributed by atoms with Crippen LogP contribution in [-0.4, -0.2) is 0 Å². The summed E-state index contributed by atoms with van der Waals surface area (Å²) >= 11 is 0. The smallest absolute Gasteiger partial charge is 0.0991 e. The average molecular weight is 394 g/mol. The average Bonchev–Trinajstić information content (AvgIpc) is 2.79. The third-order valence-corrected chi connectivity index (χ3v) is 8.06. The van der Waals surface area contributed by atoms with E-state index in [4.69, 9.17) is 5.26 Å². The van der Waals surface area contributed by atoms with Gasteiger partial charge in [0.2, 0.25) is 0 Å². The molecule has 2 aliphatic carbocycles. The molecule has 1 aromatic rings. The van der Waals surface area contributed by atoms with Crippen LogP contribution in [0.3, 0.4) is 0 Å². The molecule has 2 aliphatic rings. The lowest BCUT2D eigenvalue weighted by molar-refractivity contribution is 0.155. The quantitative estimate of drug-likeness (QED) is 0.364. The van der Waals surface area contributed by atoms with Gasteiger partial charge in [-0.1, -0.05) is 83.3 Å². The van der Waals surface area contributed by atoms with Crippen LogP contribution in [0, 0.1) is 29.1 Å². The van der Waals surface area contributed by atoms with E-state index in [0.29, 0.717) is 0 Å². The van der Waals surface area contributed by atoms with Crippen LogP contribution in [0.5, 0.6) is 0 Å². The fourth-order valence-corrected chi connectivity index (χ4v) is 6.09. The molecule has 2 saturated carbocycles. The zero-order valence-corrected chi connectivity index (χ0v) is 18.9. The summed E-state index contributed by atoms with van der Waals surface area (Å²) in [6, 6.07) is 10.6. The van der Waals surface area contributed by atoms with Gasteiger partial charge in [-0.25, -0.2) is 0 Å². The molecule has 0 bridgehead atoms. The maximum Gasteiger partial charge on any atom is 0.0991 e. The Balaban J connectivity index is 1.29. The summed E-state index contributed by atoms with van der Waals surface area (Å²) in [5.74, 6) is 3.77. The van der Waals surface area contributed by atoms with Crippen molar-refractivity contribution in [3.63, 3.8) is 0 Å². The Morgan fingerprint density at radius 3 is 1.86 bits per heavy atom. The fourth-order valence-electron chi connectivity index (χ4n) is 6.09. The minimum absolute atomic E-state index is 0.729.